The average Bonchev–Trinajstić information content (AvgIpc) is 3.72. The standard InChI is InChI=1S/C30H35N3O2/c1-2-28(13-19-34)32-29(35)12-14-30(15-17-33(18-16-30)22-23-6-7-23)27-10-8-25(9-11-27)26-5-3-4-24(20-26)21-31/h2-5,8-11,13,19-20,23,34H,6-7,12,14-18,22H2,1H3,(H,32,35)/b19-13-,28-2+. The van der Waals surface area contributed by atoms with E-state index >= 15 is 0 Å². The van der Waals surface area contributed by atoms with Crippen molar-refractivity contribution in [3.8, 4) is 17.2 Å². The Hall–Kier alpha value is -3.36. The normalized spacial score (nSPS) is 18.3. The van der Waals surface area contributed by atoms with Crippen LogP contribution in [0.25, 0.3) is 11.1 Å². The number of allylic oxidation sites excluding steroid dienone is 2. The highest BCUT2D eigenvalue weighted by atomic mass is 16.2. The molecule has 1 saturated heterocycles. The Morgan fingerprint density at radius 2 is 1.91 bits per heavy atom. The second kappa shape index (κ2) is 11.4. The van der Waals surface area contributed by atoms with E-state index in [1.165, 1.54) is 31.0 Å². The topological polar surface area (TPSA) is 76.4 Å². The van der Waals surface area contributed by atoms with Crippen LogP contribution in [0.5, 0.6) is 0 Å². The molecule has 1 saturated carbocycles. The SMILES string of the molecule is C/C=C(\C=C/O)NC(=O)CCC1(c2ccc(-c3cccc(C#N)c3)cc2)CCN(CC2CC2)CC1. The Morgan fingerprint density at radius 1 is 1.17 bits per heavy atom. The van der Waals surface area contributed by atoms with Crippen LogP contribution < -0.4 is 5.32 Å². The molecule has 2 aromatic carbocycles. The quantitative estimate of drug-likeness (QED) is 0.357. The summed E-state index contributed by atoms with van der Waals surface area (Å²) < 4.78 is 0. The van der Waals surface area contributed by atoms with E-state index in [1.54, 1.807) is 6.08 Å². The Balaban J connectivity index is 1.51. The van der Waals surface area contributed by atoms with Crippen LogP contribution in [0.2, 0.25) is 0 Å². The fourth-order valence-corrected chi connectivity index (χ4v) is 5.16. The van der Waals surface area contributed by atoms with Crippen molar-refractivity contribution < 1.29 is 9.90 Å². The molecular weight excluding hydrogens is 434 g/mol. The van der Waals surface area contributed by atoms with Crippen LogP contribution in [0, 0.1) is 17.2 Å². The van der Waals surface area contributed by atoms with Gasteiger partial charge in [0.25, 0.3) is 0 Å². The van der Waals surface area contributed by atoms with Gasteiger partial charge in [-0.15, -0.1) is 0 Å². The highest BCUT2D eigenvalue weighted by Gasteiger charge is 2.37. The van der Waals surface area contributed by atoms with E-state index in [2.05, 4.69) is 40.6 Å². The number of hydrogen-bond donors (Lipinski definition) is 2. The predicted octanol–water partition coefficient (Wildman–Crippen LogP) is 5.84. The van der Waals surface area contributed by atoms with Crippen LogP contribution in [-0.2, 0) is 10.2 Å². The van der Waals surface area contributed by atoms with Gasteiger partial charge >= 0.3 is 0 Å². The first-order valence-corrected chi connectivity index (χ1v) is 12.7. The Kier molecular flexibility index (Phi) is 8.05. The molecule has 35 heavy (non-hydrogen) atoms. The third-order valence-corrected chi connectivity index (χ3v) is 7.53. The van der Waals surface area contributed by atoms with E-state index in [0.717, 1.165) is 55.7 Å². The number of nitrogens with one attached hydrogen (secondary N) is 1. The van der Waals surface area contributed by atoms with E-state index in [-0.39, 0.29) is 11.3 Å². The summed E-state index contributed by atoms with van der Waals surface area (Å²) in [5, 5.41) is 21.2. The molecule has 0 radical (unpaired) electrons. The smallest absolute Gasteiger partial charge is 0.224 e. The van der Waals surface area contributed by atoms with Gasteiger partial charge < -0.3 is 15.3 Å². The molecule has 182 valence electrons. The molecule has 2 aliphatic rings. The van der Waals surface area contributed by atoms with Crippen LogP contribution in [0.4, 0.5) is 0 Å². The summed E-state index contributed by atoms with van der Waals surface area (Å²) in [7, 11) is 0. The number of benzene rings is 2. The number of hydrogen-bond acceptors (Lipinski definition) is 4. The molecular formula is C30H35N3O2. The number of carbonyl (C=O) groups is 1. The van der Waals surface area contributed by atoms with Gasteiger partial charge in [-0.25, -0.2) is 0 Å². The number of amides is 1. The molecule has 2 N–H and O–H groups in total. The molecule has 0 spiro atoms. The van der Waals surface area contributed by atoms with Gasteiger partial charge in [0.2, 0.25) is 5.91 Å². The molecule has 0 atom stereocenters. The van der Waals surface area contributed by atoms with Crippen molar-refractivity contribution in [2.45, 2.75) is 50.9 Å². The van der Waals surface area contributed by atoms with E-state index in [4.69, 9.17) is 5.11 Å². The maximum Gasteiger partial charge on any atom is 0.224 e. The van der Waals surface area contributed by atoms with Gasteiger partial charge in [0.1, 0.15) is 0 Å². The first-order valence-electron chi connectivity index (χ1n) is 12.7. The number of rotatable bonds is 9. The molecule has 1 aliphatic carbocycles. The predicted molar refractivity (Wildman–Crippen MR) is 140 cm³/mol. The fourth-order valence-electron chi connectivity index (χ4n) is 5.16. The Labute approximate surface area is 208 Å². The second-order valence-corrected chi connectivity index (χ2v) is 9.90. The number of aliphatic hydroxyl groups is 1. The number of nitrogens with zero attached hydrogens (tertiary/aromatic N) is 2. The van der Waals surface area contributed by atoms with Gasteiger partial charge in [0.05, 0.1) is 17.9 Å². The highest BCUT2D eigenvalue weighted by Crippen LogP contribution is 2.41. The van der Waals surface area contributed by atoms with Crippen molar-refractivity contribution in [1.82, 2.24) is 10.2 Å². The Morgan fingerprint density at radius 3 is 2.54 bits per heavy atom. The summed E-state index contributed by atoms with van der Waals surface area (Å²) in [6.07, 6.45) is 10.3. The van der Waals surface area contributed by atoms with Crippen molar-refractivity contribution >= 4 is 5.91 Å². The summed E-state index contributed by atoms with van der Waals surface area (Å²) in [5.41, 5.74) is 4.66. The first kappa shape index (κ1) is 24.8. The molecule has 0 bridgehead atoms. The average molecular weight is 470 g/mol. The van der Waals surface area contributed by atoms with Crippen molar-refractivity contribution in [2.75, 3.05) is 19.6 Å². The molecule has 0 aromatic heterocycles. The summed E-state index contributed by atoms with van der Waals surface area (Å²) in [5.74, 6) is 0.858. The van der Waals surface area contributed by atoms with Gasteiger partial charge in [-0.1, -0.05) is 42.5 Å². The summed E-state index contributed by atoms with van der Waals surface area (Å²) in [4.78, 5) is 15.3. The minimum atomic E-state index is -0.0344. The molecule has 4 rings (SSSR count). The lowest BCUT2D eigenvalue weighted by atomic mass is 9.69. The number of carbonyl (C=O) groups excluding carboxylic acids is 1. The zero-order valence-electron chi connectivity index (χ0n) is 20.5. The largest absolute Gasteiger partial charge is 0.516 e. The molecule has 1 heterocycles. The third-order valence-electron chi connectivity index (χ3n) is 7.53. The molecule has 1 aliphatic heterocycles. The summed E-state index contributed by atoms with van der Waals surface area (Å²) >= 11 is 0. The number of aliphatic hydroxyl groups excluding tert-OH is 1. The minimum Gasteiger partial charge on any atom is -0.516 e. The lowest BCUT2D eigenvalue weighted by Crippen LogP contribution is -2.44. The van der Waals surface area contributed by atoms with Crippen molar-refractivity contribution in [3.63, 3.8) is 0 Å². The summed E-state index contributed by atoms with van der Waals surface area (Å²) in [6.45, 7) is 5.18. The van der Waals surface area contributed by atoms with Crippen molar-refractivity contribution in [3.05, 3.63) is 83.8 Å². The number of piperidine rings is 1. The van der Waals surface area contributed by atoms with Crippen LogP contribution in [0.15, 0.2) is 72.6 Å². The molecule has 5 heteroatoms. The van der Waals surface area contributed by atoms with E-state index in [9.17, 15) is 10.1 Å². The minimum absolute atomic E-state index is 0.0269. The van der Waals surface area contributed by atoms with Crippen molar-refractivity contribution in [1.29, 1.82) is 5.26 Å². The van der Waals surface area contributed by atoms with Crippen LogP contribution in [-0.4, -0.2) is 35.5 Å². The molecule has 0 unspecified atom stereocenters. The van der Waals surface area contributed by atoms with Crippen LogP contribution in [0.3, 0.4) is 0 Å². The number of likely N-dealkylation sites (tertiary alicyclic amines) is 1. The first-order chi connectivity index (χ1) is 17.0. The molecule has 2 fully saturated rings. The molecule has 1 amide bonds. The van der Waals surface area contributed by atoms with Gasteiger partial charge in [0, 0.05) is 18.7 Å². The van der Waals surface area contributed by atoms with Crippen LogP contribution >= 0.6 is 0 Å². The van der Waals surface area contributed by atoms with E-state index in [0.29, 0.717) is 17.7 Å². The maximum absolute atomic E-state index is 12.7. The monoisotopic (exact) mass is 469 g/mol. The van der Waals surface area contributed by atoms with Crippen molar-refractivity contribution in [2.24, 2.45) is 5.92 Å². The molecule has 5 nitrogen and oxygen atoms in total. The van der Waals surface area contributed by atoms with E-state index < -0.39 is 0 Å². The lowest BCUT2D eigenvalue weighted by Gasteiger charge is -2.42. The van der Waals surface area contributed by atoms with Gasteiger partial charge in [-0.3, -0.25) is 4.79 Å². The fraction of sp³-hybridized carbons (Fsp3) is 0.400. The van der Waals surface area contributed by atoms with Gasteiger partial charge in [0.15, 0.2) is 0 Å². The lowest BCUT2D eigenvalue weighted by molar-refractivity contribution is -0.120. The third kappa shape index (κ3) is 6.41. The highest BCUT2D eigenvalue weighted by molar-refractivity contribution is 5.78. The van der Waals surface area contributed by atoms with Gasteiger partial charge in [-0.2, -0.15) is 5.26 Å². The maximum atomic E-state index is 12.7. The second-order valence-electron chi connectivity index (χ2n) is 9.90. The zero-order chi connectivity index (χ0) is 24.7. The van der Waals surface area contributed by atoms with E-state index in [1.807, 2.05) is 31.2 Å². The van der Waals surface area contributed by atoms with Crippen LogP contribution in [0.1, 0.15) is 56.6 Å². The van der Waals surface area contributed by atoms with Gasteiger partial charge in [-0.05, 0) is 98.3 Å². The summed E-state index contributed by atoms with van der Waals surface area (Å²) in [6, 6.07) is 18.6. The molecule has 2 aromatic rings. The zero-order valence-corrected chi connectivity index (χ0v) is 20.5. The Bertz CT molecular complexity index is 1120. The number of nitriles is 1.